The van der Waals surface area contributed by atoms with Gasteiger partial charge in [0.15, 0.2) is 6.10 Å². The molecule has 2 amide bonds. The first kappa shape index (κ1) is 21.0. The van der Waals surface area contributed by atoms with Crippen LogP contribution in [0.15, 0.2) is 73.1 Å². The summed E-state index contributed by atoms with van der Waals surface area (Å²) in [4.78, 5) is 29.4. The predicted octanol–water partition coefficient (Wildman–Crippen LogP) is 3.98. The maximum Gasteiger partial charge on any atom is 0.265 e. The van der Waals surface area contributed by atoms with Crippen LogP contribution in [0.3, 0.4) is 0 Å². The molecule has 0 spiro atoms. The summed E-state index contributed by atoms with van der Waals surface area (Å²) in [5.41, 5.74) is 2.75. The van der Waals surface area contributed by atoms with Crippen LogP contribution in [-0.2, 0) is 17.8 Å². The molecule has 0 bridgehead atoms. The number of aryl methyl sites for hydroxylation is 1. The zero-order valence-corrected chi connectivity index (χ0v) is 17.1. The number of hydrogen-bond acceptors (Lipinski definition) is 4. The molecule has 0 saturated carbocycles. The fourth-order valence-electron chi connectivity index (χ4n) is 2.96. The number of nitrogens with one attached hydrogen (secondary N) is 2. The van der Waals surface area contributed by atoms with Gasteiger partial charge >= 0.3 is 0 Å². The number of benzene rings is 2. The van der Waals surface area contributed by atoms with Gasteiger partial charge in [-0.05, 0) is 48.7 Å². The Balaban J connectivity index is 1.66. The monoisotopic (exact) mass is 403 g/mol. The third-order valence-corrected chi connectivity index (χ3v) is 4.63. The van der Waals surface area contributed by atoms with Gasteiger partial charge in [-0.1, -0.05) is 43.3 Å². The number of aromatic nitrogens is 1. The zero-order valence-electron chi connectivity index (χ0n) is 17.1. The van der Waals surface area contributed by atoms with Crippen LogP contribution in [0.5, 0.6) is 5.75 Å². The predicted molar refractivity (Wildman–Crippen MR) is 116 cm³/mol. The molecule has 30 heavy (non-hydrogen) atoms. The second-order valence-electron chi connectivity index (χ2n) is 6.80. The summed E-state index contributed by atoms with van der Waals surface area (Å²) in [5.74, 6) is 0.0817. The molecule has 0 aliphatic rings. The third kappa shape index (κ3) is 5.44. The van der Waals surface area contributed by atoms with Crippen LogP contribution in [0.1, 0.15) is 35.3 Å². The van der Waals surface area contributed by atoms with Gasteiger partial charge in [-0.25, -0.2) is 0 Å². The summed E-state index contributed by atoms with van der Waals surface area (Å²) in [7, 11) is 0. The van der Waals surface area contributed by atoms with E-state index < -0.39 is 6.10 Å². The summed E-state index contributed by atoms with van der Waals surface area (Å²) < 4.78 is 5.86. The lowest BCUT2D eigenvalue weighted by atomic mass is 10.1. The molecule has 0 aliphatic carbocycles. The number of para-hydroxylation sites is 2. The average molecular weight is 403 g/mol. The Morgan fingerprint density at radius 2 is 1.80 bits per heavy atom. The first-order chi connectivity index (χ1) is 14.6. The molecule has 3 rings (SSSR count). The van der Waals surface area contributed by atoms with E-state index in [1.807, 2.05) is 43.3 Å². The van der Waals surface area contributed by atoms with Crippen LogP contribution in [0.2, 0.25) is 0 Å². The molecule has 6 nitrogen and oxygen atoms in total. The van der Waals surface area contributed by atoms with E-state index in [2.05, 4.69) is 15.6 Å². The zero-order chi connectivity index (χ0) is 21.3. The van der Waals surface area contributed by atoms with Gasteiger partial charge in [0.05, 0.1) is 11.3 Å². The molecular formula is C24H25N3O3. The number of carbonyl (C=O) groups excluding carboxylic acids is 2. The highest BCUT2D eigenvalue weighted by Crippen LogP contribution is 2.21. The maximum atomic E-state index is 12.7. The Bertz CT molecular complexity index is 1010. The molecular weight excluding hydrogens is 378 g/mol. The van der Waals surface area contributed by atoms with Crippen LogP contribution in [0, 0.1) is 0 Å². The number of anilines is 1. The van der Waals surface area contributed by atoms with Crippen LogP contribution in [0.4, 0.5) is 5.69 Å². The highest BCUT2D eigenvalue weighted by molar-refractivity contribution is 6.04. The van der Waals surface area contributed by atoms with Gasteiger partial charge in [0, 0.05) is 18.9 Å². The van der Waals surface area contributed by atoms with E-state index in [4.69, 9.17) is 4.74 Å². The van der Waals surface area contributed by atoms with E-state index in [0.29, 0.717) is 23.5 Å². The Kier molecular flexibility index (Phi) is 7.16. The lowest BCUT2D eigenvalue weighted by molar-refractivity contribution is -0.122. The van der Waals surface area contributed by atoms with Gasteiger partial charge in [0.25, 0.3) is 11.8 Å². The normalized spacial score (nSPS) is 11.4. The van der Waals surface area contributed by atoms with E-state index in [1.54, 1.807) is 43.6 Å². The Labute approximate surface area is 176 Å². The molecule has 2 aromatic carbocycles. The minimum atomic E-state index is -0.718. The quantitative estimate of drug-likeness (QED) is 0.596. The van der Waals surface area contributed by atoms with Crippen molar-refractivity contribution in [3.8, 4) is 5.75 Å². The lowest BCUT2D eigenvalue weighted by Crippen LogP contribution is -2.32. The van der Waals surface area contributed by atoms with Crippen molar-refractivity contribution in [1.29, 1.82) is 0 Å². The maximum absolute atomic E-state index is 12.7. The Morgan fingerprint density at radius 3 is 2.57 bits per heavy atom. The van der Waals surface area contributed by atoms with Crippen molar-refractivity contribution in [3.63, 3.8) is 0 Å². The van der Waals surface area contributed by atoms with Crippen LogP contribution < -0.4 is 15.4 Å². The molecule has 6 heteroatoms. The number of nitrogens with zero attached hydrogens (tertiary/aromatic N) is 1. The molecule has 1 heterocycles. The van der Waals surface area contributed by atoms with Crippen molar-refractivity contribution < 1.29 is 14.3 Å². The van der Waals surface area contributed by atoms with Gasteiger partial charge in [-0.3, -0.25) is 14.6 Å². The smallest absolute Gasteiger partial charge is 0.265 e. The molecule has 0 saturated heterocycles. The van der Waals surface area contributed by atoms with Crippen molar-refractivity contribution in [3.05, 3.63) is 89.7 Å². The van der Waals surface area contributed by atoms with Crippen LogP contribution in [-0.4, -0.2) is 22.9 Å². The number of pyridine rings is 1. The average Bonchev–Trinajstić information content (AvgIpc) is 2.78. The third-order valence-electron chi connectivity index (χ3n) is 4.63. The van der Waals surface area contributed by atoms with Crippen molar-refractivity contribution >= 4 is 17.5 Å². The summed E-state index contributed by atoms with van der Waals surface area (Å²) in [6, 6.07) is 18.2. The topological polar surface area (TPSA) is 80.3 Å². The van der Waals surface area contributed by atoms with E-state index in [0.717, 1.165) is 17.5 Å². The fraction of sp³-hybridized carbons (Fsp3) is 0.208. The molecule has 1 aromatic heterocycles. The molecule has 0 radical (unpaired) electrons. The largest absolute Gasteiger partial charge is 0.481 e. The number of amides is 2. The van der Waals surface area contributed by atoms with Crippen LogP contribution >= 0.6 is 0 Å². The molecule has 0 unspecified atom stereocenters. The summed E-state index contributed by atoms with van der Waals surface area (Å²) >= 11 is 0. The van der Waals surface area contributed by atoms with E-state index in [9.17, 15) is 9.59 Å². The van der Waals surface area contributed by atoms with Gasteiger partial charge in [0.1, 0.15) is 5.75 Å². The van der Waals surface area contributed by atoms with Gasteiger partial charge in [-0.2, -0.15) is 0 Å². The number of rotatable bonds is 8. The number of hydrogen-bond donors (Lipinski definition) is 2. The van der Waals surface area contributed by atoms with E-state index in [-0.39, 0.29) is 11.8 Å². The van der Waals surface area contributed by atoms with Crippen LogP contribution in [0.25, 0.3) is 0 Å². The van der Waals surface area contributed by atoms with Crippen molar-refractivity contribution in [2.75, 3.05) is 5.32 Å². The molecule has 2 N–H and O–H groups in total. The van der Waals surface area contributed by atoms with Gasteiger partial charge < -0.3 is 15.4 Å². The SMILES string of the molecule is CCc1ccccc1O[C@H](C)C(=O)Nc1ccccc1C(=O)NCc1cccnc1. The summed E-state index contributed by atoms with van der Waals surface area (Å²) in [5, 5.41) is 5.66. The van der Waals surface area contributed by atoms with E-state index >= 15 is 0 Å². The highest BCUT2D eigenvalue weighted by Gasteiger charge is 2.19. The van der Waals surface area contributed by atoms with E-state index in [1.165, 1.54) is 0 Å². The second kappa shape index (κ2) is 10.2. The molecule has 0 aliphatic heterocycles. The standard InChI is InChI=1S/C24H25N3O3/c1-3-19-10-4-7-13-22(19)30-17(2)23(28)27-21-12-6-5-11-20(21)24(29)26-16-18-9-8-14-25-15-18/h4-15,17H,3,16H2,1-2H3,(H,26,29)(H,27,28)/t17-/m1/s1. The number of carbonyl (C=O) groups is 2. The Morgan fingerprint density at radius 1 is 1.03 bits per heavy atom. The van der Waals surface area contributed by atoms with Gasteiger partial charge in [0.2, 0.25) is 0 Å². The van der Waals surface area contributed by atoms with Crippen molar-refractivity contribution in [2.24, 2.45) is 0 Å². The summed E-state index contributed by atoms with van der Waals surface area (Å²) in [6.07, 6.45) is 3.47. The molecule has 3 aromatic rings. The fourth-order valence-corrected chi connectivity index (χ4v) is 2.96. The minimum Gasteiger partial charge on any atom is -0.481 e. The summed E-state index contributed by atoms with van der Waals surface area (Å²) in [6.45, 7) is 4.07. The number of ether oxygens (including phenoxy) is 1. The van der Waals surface area contributed by atoms with Crippen molar-refractivity contribution in [1.82, 2.24) is 10.3 Å². The molecule has 1 atom stereocenters. The highest BCUT2D eigenvalue weighted by atomic mass is 16.5. The minimum absolute atomic E-state index is 0.278. The van der Waals surface area contributed by atoms with Gasteiger partial charge in [-0.15, -0.1) is 0 Å². The first-order valence-electron chi connectivity index (χ1n) is 9.90. The Hall–Kier alpha value is -3.67. The van der Waals surface area contributed by atoms with Crippen molar-refractivity contribution in [2.45, 2.75) is 32.9 Å². The molecule has 0 fully saturated rings. The molecule has 154 valence electrons. The first-order valence-corrected chi connectivity index (χ1v) is 9.90. The lowest BCUT2D eigenvalue weighted by Gasteiger charge is -2.18. The second-order valence-corrected chi connectivity index (χ2v) is 6.80.